The number of nitrogens with zero attached hydrogens (tertiary/aromatic N) is 2. The second-order valence-corrected chi connectivity index (χ2v) is 10.0. The number of aliphatic imine (C=N–C) groups is 1. The lowest BCUT2D eigenvalue weighted by atomic mass is 10.0. The van der Waals surface area contributed by atoms with E-state index in [4.69, 9.17) is 4.99 Å². The molecule has 190 valence electrons. The Labute approximate surface area is 213 Å². The Morgan fingerprint density at radius 3 is 2.08 bits per heavy atom. The van der Waals surface area contributed by atoms with Gasteiger partial charge in [-0.15, -0.1) is 0 Å². The monoisotopic (exact) mass is 506 g/mol. The molecule has 3 aromatic carbocycles. The van der Waals surface area contributed by atoms with Crippen molar-refractivity contribution in [2.75, 3.05) is 30.2 Å². The summed E-state index contributed by atoms with van der Waals surface area (Å²) in [7, 11) is -3.35. The van der Waals surface area contributed by atoms with Crippen LogP contribution in [0.15, 0.2) is 83.9 Å². The van der Waals surface area contributed by atoms with Gasteiger partial charge in [-0.3, -0.25) is 4.31 Å². The fourth-order valence-corrected chi connectivity index (χ4v) is 4.88. The highest BCUT2D eigenvalue weighted by Crippen LogP contribution is 2.32. The van der Waals surface area contributed by atoms with Crippen LogP contribution in [0.25, 0.3) is 10.9 Å². The second kappa shape index (κ2) is 12.4. The Morgan fingerprint density at radius 1 is 0.917 bits per heavy atom. The lowest BCUT2D eigenvalue weighted by Crippen LogP contribution is -2.29. The minimum Gasteiger partial charge on any atom is -0.494 e. The largest absolute Gasteiger partial charge is 0.494 e. The third-order valence-corrected chi connectivity index (χ3v) is 6.81. The minimum atomic E-state index is -3.35. The van der Waals surface area contributed by atoms with Crippen LogP contribution in [-0.4, -0.2) is 50.1 Å². The van der Waals surface area contributed by atoms with Gasteiger partial charge in [0.2, 0.25) is 10.0 Å². The molecule has 0 bridgehead atoms. The summed E-state index contributed by atoms with van der Waals surface area (Å²) in [5.41, 5.74) is 4.16. The lowest BCUT2D eigenvalue weighted by molar-refractivity contribution is 0.457. The van der Waals surface area contributed by atoms with Crippen LogP contribution in [0.5, 0.6) is 5.88 Å². The molecule has 0 aliphatic heterocycles. The fourth-order valence-electron chi connectivity index (χ4n) is 3.91. The fraction of sp³-hybridized carbons (Fsp3) is 0.250. The van der Waals surface area contributed by atoms with Gasteiger partial charge >= 0.3 is 0 Å². The van der Waals surface area contributed by atoms with Gasteiger partial charge in [-0.2, -0.15) is 0 Å². The normalized spacial score (nSPS) is 11.7. The zero-order valence-corrected chi connectivity index (χ0v) is 22.0. The topological polar surface area (TPSA) is 97.8 Å². The van der Waals surface area contributed by atoms with Crippen LogP contribution < -0.4 is 9.62 Å². The quantitative estimate of drug-likeness (QED) is 0.277. The van der Waals surface area contributed by atoms with Crippen LogP contribution in [0.3, 0.4) is 0 Å². The summed E-state index contributed by atoms with van der Waals surface area (Å²) in [6.07, 6.45) is 1.19. The van der Waals surface area contributed by atoms with Crippen molar-refractivity contribution in [1.82, 2.24) is 10.3 Å². The number of sulfonamides is 1. The Kier molecular flexibility index (Phi) is 9.27. The maximum absolute atomic E-state index is 12.0. The average molecular weight is 507 g/mol. The standard InChI is InChI=1S/C24H23N3O3S.C4H11N/c1-3-27(31(2,29)30)19-15-13-18(14-16-19)25-23(17-9-5-4-6-10-17)22-20-11-7-8-12-21(20)26-24(22)28;1-3-5-4-2/h4-16,26,28H,3H2,1-2H3;5H,3-4H2,1-2H3. The summed E-state index contributed by atoms with van der Waals surface area (Å²) in [4.78, 5) is 7.85. The molecule has 7 nitrogen and oxygen atoms in total. The Bertz CT molecular complexity index is 1390. The number of aromatic nitrogens is 1. The van der Waals surface area contributed by atoms with Crippen molar-refractivity contribution in [3.05, 3.63) is 90.0 Å². The molecule has 0 aliphatic rings. The van der Waals surface area contributed by atoms with Crippen molar-refractivity contribution in [3.63, 3.8) is 0 Å². The van der Waals surface area contributed by atoms with E-state index in [1.807, 2.05) is 54.6 Å². The first kappa shape index (κ1) is 27.0. The summed E-state index contributed by atoms with van der Waals surface area (Å²) in [5.74, 6) is 0.0506. The van der Waals surface area contributed by atoms with Crippen molar-refractivity contribution in [2.24, 2.45) is 4.99 Å². The highest BCUT2D eigenvalue weighted by Gasteiger charge is 2.19. The highest BCUT2D eigenvalue weighted by atomic mass is 32.2. The molecule has 0 amide bonds. The number of anilines is 1. The smallest absolute Gasteiger partial charge is 0.232 e. The van der Waals surface area contributed by atoms with Crippen molar-refractivity contribution in [3.8, 4) is 5.88 Å². The Morgan fingerprint density at radius 2 is 1.53 bits per heavy atom. The zero-order chi connectivity index (χ0) is 26.1. The number of aromatic hydroxyl groups is 1. The maximum atomic E-state index is 12.0. The highest BCUT2D eigenvalue weighted by molar-refractivity contribution is 7.92. The third-order valence-electron chi connectivity index (χ3n) is 5.54. The number of benzene rings is 3. The first-order valence-electron chi connectivity index (χ1n) is 12.0. The molecule has 0 unspecified atom stereocenters. The molecule has 4 aromatic rings. The lowest BCUT2D eigenvalue weighted by Gasteiger charge is -2.20. The molecule has 0 fully saturated rings. The van der Waals surface area contributed by atoms with Gasteiger partial charge in [0.05, 0.1) is 28.9 Å². The van der Waals surface area contributed by atoms with E-state index in [9.17, 15) is 13.5 Å². The zero-order valence-electron chi connectivity index (χ0n) is 21.2. The molecule has 0 radical (unpaired) electrons. The Balaban J connectivity index is 0.000000658. The van der Waals surface area contributed by atoms with Crippen molar-refractivity contribution in [1.29, 1.82) is 0 Å². The summed E-state index contributed by atoms with van der Waals surface area (Å²) in [5, 5.41) is 14.7. The molecule has 8 heteroatoms. The maximum Gasteiger partial charge on any atom is 0.232 e. The van der Waals surface area contributed by atoms with Crippen LogP contribution in [0.1, 0.15) is 31.9 Å². The number of hydrogen-bond acceptors (Lipinski definition) is 5. The summed E-state index contributed by atoms with van der Waals surface area (Å²) in [6.45, 7) is 8.53. The molecule has 4 rings (SSSR count). The number of aromatic amines is 1. The van der Waals surface area contributed by atoms with Crippen LogP contribution in [0.4, 0.5) is 11.4 Å². The predicted molar refractivity (Wildman–Crippen MR) is 150 cm³/mol. The van der Waals surface area contributed by atoms with Gasteiger partial charge < -0.3 is 15.4 Å². The van der Waals surface area contributed by atoms with Gasteiger partial charge in [0.25, 0.3) is 0 Å². The molecule has 36 heavy (non-hydrogen) atoms. The molecule has 0 saturated heterocycles. The van der Waals surface area contributed by atoms with Gasteiger partial charge in [0.15, 0.2) is 5.88 Å². The number of H-pyrrole nitrogens is 1. The summed E-state index contributed by atoms with van der Waals surface area (Å²) >= 11 is 0. The number of rotatable bonds is 8. The van der Waals surface area contributed by atoms with Crippen molar-refractivity contribution < 1.29 is 13.5 Å². The third kappa shape index (κ3) is 6.53. The second-order valence-electron chi connectivity index (χ2n) is 8.12. The molecule has 1 heterocycles. The van der Waals surface area contributed by atoms with Gasteiger partial charge in [0, 0.05) is 23.0 Å². The van der Waals surface area contributed by atoms with Crippen molar-refractivity contribution >= 4 is 38.0 Å². The van der Waals surface area contributed by atoms with Gasteiger partial charge in [0.1, 0.15) is 0 Å². The van der Waals surface area contributed by atoms with Crippen LogP contribution in [0, 0.1) is 0 Å². The molecular weight excluding hydrogens is 472 g/mol. The molecule has 3 N–H and O–H groups in total. The van der Waals surface area contributed by atoms with Crippen LogP contribution in [0.2, 0.25) is 0 Å². The van der Waals surface area contributed by atoms with E-state index >= 15 is 0 Å². The summed E-state index contributed by atoms with van der Waals surface area (Å²) in [6, 6.07) is 24.3. The van der Waals surface area contributed by atoms with Gasteiger partial charge in [-0.25, -0.2) is 13.4 Å². The van der Waals surface area contributed by atoms with Gasteiger partial charge in [-0.1, -0.05) is 62.4 Å². The van der Waals surface area contributed by atoms with E-state index in [0.717, 1.165) is 29.6 Å². The van der Waals surface area contributed by atoms with Crippen molar-refractivity contribution in [2.45, 2.75) is 20.8 Å². The molecule has 0 aliphatic carbocycles. The SMILES string of the molecule is CCN(c1ccc(N=C(c2ccccc2)c2c(O)[nH]c3ccccc23)cc1)S(C)(=O)=O.CCNCC. The molecule has 0 saturated carbocycles. The van der Waals surface area contributed by atoms with E-state index in [2.05, 4.69) is 24.1 Å². The Hall–Kier alpha value is -3.62. The van der Waals surface area contributed by atoms with E-state index in [1.165, 1.54) is 10.6 Å². The van der Waals surface area contributed by atoms with E-state index < -0.39 is 10.0 Å². The number of hydrogen-bond donors (Lipinski definition) is 3. The van der Waals surface area contributed by atoms with Crippen LogP contribution in [-0.2, 0) is 10.0 Å². The number of para-hydroxylation sites is 1. The van der Waals surface area contributed by atoms with Crippen LogP contribution >= 0.6 is 0 Å². The van der Waals surface area contributed by atoms with E-state index in [1.54, 1.807) is 31.2 Å². The molecule has 1 aromatic heterocycles. The predicted octanol–water partition coefficient (Wildman–Crippen LogP) is 5.44. The number of fused-ring (bicyclic) bond motifs is 1. The van der Waals surface area contributed by atoms with E-state index in [-0.39, 0.29) is 5.88 Å². The number of nitrogens with one attached hydrogen (secondary N) is 2. The first-order valence-corrected chi connectivity index (χ1v) is 13.9. The molecule has 0 atom stereocenters. The van der Waals surface area contributed by atoms with E-state index in [0.29, 0.717) is 29.2 Å². The minimum absolute atomic E-state index is 0.0506. The summed E-state index contributed by atoms with van der Waals surface area (Å²) < 4.78 is 25.3. The van der Waals surface area contributed by atoms with Gasteiger partial charge in [-0.05, 0) is 50.3 Å². The average Bonchev–Trinajstić information content (AvgIpc) is 3.20. The molecular formula is C28H34N4O3S. The first-order chi connectivity index (χ1) is 17.3. The molecule has 0 spiro atoms.